The molecule has 2 heterocycles. The maximum Gasteiger partial charge on any atom is 0.327 e. The molecule has 0 aromatic carbocycles. The van der Waals surface area contributed by atoms with Crippen molar-refractivity contribution in [3.05, 3.63) is 21.6 Å². The summed E-state index contributed by atoms with van der Waals surface area (Å²) in [5.74, 6) is 0.588. The van der Waals surface area contributed by atoms with Gasteiger partial charge >= 0.3 is 5.97 Å². The molecular formula is C15H22ClN3O3. The molecule has 2 rings (SSSR count). The smallest absolute Gasteiger partial charge is 0.327 e. The fourth-order valence-corrected chi connectivity index (χ4v) is 3.24. The molecule has 22 heavy (non-hydrogen) atoms. The first-order valence-electron chi connectivity index (χ1n) is 7.58. The Kier molecular flexibility index (Phi) is 5.45. The van der Waals surface area contributed by atoms with Crippen LogP contribution in [0.4, 0.5) is 5.69 Å². The monoisotopic (exact) mass is 327 g/mol. The van der Waals surface area contributed by atoms with E-state index in [4.69, 9.17) is 16.3 Å². The van der Waals surface area contributed by atoms with E-state index in [0.717, 1.165) is 17.8 Å². The van der Waals surface area contributed by atoms with Crippen LogP contribution in [0.15, 0.2) is 11.0 Å². The number of piperidine rings is 1. The lowest BCUT2D eigenvalue weighted by Gasteiger charge is -2.36. The van der Waals surface area contributed by atoms with Crippen molar-refractivity contribution in [2.45, 2.75) is 33.7 Å². The topological polar surface area (TPSA) is 64.4 Å². The summed E-state index contributed by atoms with van der Waals surface area (Å²) in [5, 5.41) is 4.18. The Labute approximate surface area is 135 Å². The SMILES string of the molecule is CCOC(=O)Cn1ncc(N2CC(C)CC(C)C2)c(Cl)c1=O. The second-order valence-corrected chi connectivity index (χ2v) is 6.34. The van der Waals surface area contributed by atoms with Gasteiger partial charge in [-0.05, 0) is 25.2 Å². The number of hydrogen-bond acceptors (Lipinski definition) is 5. The van der Waals surface area contributed by atoms with Crippen molar-refractivity contribution in [1.29, 1.82) is 0 Å². The quantitative estimate of drug-likeness (QED) is 0.791. The second kappa shape index (κ2) is 7.13. The zero-order valence-corrected chi connectivity index (χ0v) is 14.0. The van der Waals surface area contributed by atoms with Gasteiger partial charge in [0.2, 0.25) is 0 Å². The minimum Gasteiger partial charge on any atom is -0.465 e. The highest BCUT2D eigenvalue weighted by molar-refractivity contribution is 6.33. The maximum absolute atomic E-state index is 12.3. The molecule has 2 atom stereocenters. The Balaban J connectivity index is 2.23. The van der Waals surface area contributed by atoms with Crippen molar-refractivity contribution in [2.24, 2.45) is 11.8 Å². The fraction of sp³-hybridized carbons (Fsp3) is 0.667. The molecule has 0 spiro atoms. The maximum atomic E-state index is 12.3. The number of nitrogens with zero attached hydrogens (tertiary/aromatic N) is 3. The first kappa shape index (κ1) is 16.8. The summed E-state index contributed by atoms with van der Waals surface area (Å²) >= 11 is 6.22. The zero-order valence-electron chi connectivity index (χ0n) is 13.2. The average molecular weight is 328 g/mol. The van der Waals surface area contributed by atoms with Crippen LogP contribution in [-0.2, 0) is 16.1 Å². The van der Waals surface area contributed by atoms with Crippen molar-refractivity contribution in [2.75, 3.05) is 24.6 Å². The molecule has 6 nitrogen and oxygen atoms in total. The first-order valence-corrected chi connectivity index (χ1v) is 7.96. The summed E-state index contributed by atoms with van der Waals surface area (Å²) < 4.78 is 5.87. The molecule has 0 bridgehead atoms. The molecule has 2 unspecified atom stereocenters. The van der Waals surface area contributed by atoms with Gasteiger partial charge in [-0.2, -0.15) is 5.10 Å². The standard InChI is InChI=1S/C15H22ClN3O3/c1-4-22-13(20)9-19-15(21)14(16)12(6-17-19)18-7-10(2)5-11(3)8-18/h6,10-11H,4-5,7-9H2,1-3H3. The number of carbonyl (C=O) groups is 1. The van der Waals surface area contributed by atoms with Crippen molar-refractivity contribution in [1.82, 2.24) is 9.78 Å². The third-order valence-corrected chi connectivity index (χ3v) is 4.12. The lowest BCUT2D eigenvalue weighted by atomic mass is 9.92. The minimum absolute atomic E-state index is 0.112. The fourth-order valence-electron chi connectivity index (χ4n) is 2.98. The summed E-state index contributed by atoms with van der Waals surface area (Å²) in [7, 11) is 0. The molecule has 1 saturated heterocycles. The van der Waals surface area contributed by atoms with E-state index in [1.165, 1.54) is 6.42 Å². The lowest BCUT2D eigenvalue weighted by molar-refractivity contribution is -0.144. The Morgan fingerprint density at radius 2 is 2.05 bits per heavy atom. The van der Waals surface area contributed by atoms with E-state index < -0.39 is 11.5 Å². The third-order valence-electron chi connectivity index (χ3n) is 3.76. The van der Waals surface area contributed by atoms with Gasteiger partial charge in [0.1, 0.15) is 11.6 Å². The molecule has 0 amide bonds. The van der Waals surface area contributed by atoms with Gasteiger partial charge in [-0.1, -0.05) is 25.4 Å². The molecule has 0 aliphatic carbocycles. The van der Waals surface area contributed by atoms with E-state index in [1.807, 2.05) is 0 Å². The molecule has 1 fully saturated rings. The summed E-state index contributed by atoms with van der Waals surface area (Å²) in [4.78, 5) is 25.8. The molecular weight excluding hydrogens is 306 g/mol. The lowest BCUT2D eigenvalue weighted by Crippen LogP contribution is -2.40. The van der Waals surface area contributed by atoms with Crippen LogP contribution in [0.1, 0.15) is 27.2 Å². The van der Waals surface area contributed by atoms with Crippen LogP contribution in [0.3, 0.4) is 0 Å². The predicted molar refractivity (Wildman–Crippen MR) is 85.3 cm³/mol. The third kappa shape index (κ3) is 3.80. The van der Waals surface area contributed by atoms with Gasteiger partial charge < -0.3 is 9.64 Å². The van der Waals surface area contributed by atoms with Crippen molar-refractivity contribution < 1.29 is 9.53 Å². The molecule has 122 valence electrons. The van der Waals surface area contributed by atoms with Crippen LogP contribution >= 0.6 is 11.6 Å². The number of esters is 1. The molecule has 0 saturated carbocycles. The van der Waals surface area contributed by atoms with Gasteiger partial charge in [0.25, 0.3) is 5.56 Å². The van der Waals surface area contributed by atoms with E-state index in [2.05, 4.69) is 23.8 Å². The van der Waals surface area contributed by atoms with Crippen LogP contribution in [0.2, 0.25) is 5.02 Å². The average Bonchev–Trinajstić information content (AvgIpc) is 2.43. The number of hydrogen-bond donors (Lipinski definition) is 0. The summed E-state index contributed by atoms with van der Waals surface area (Å²) in [6.07, 6.45) is 2.73. The van der Waals surface area contributed by atoms with Crippen LogP contribution in [0, 0.1) is 11.8 Å². The number of aromatic nitrogens is 2. The number of carbonyl (C=O) groups excluding carboxylic acids is 1. The number of anilines is 1. The van der Waals surface area contributed by atoms with Gasteiger partial charge in [0.05, 0.1) is 18.5 Å². The van der Waals surface area contributed by atoms with E-state index in [-0.39, 0.29) is 18.2 Å². The van der Waals surface area contributed by atoms with Gasteiger partial charge in [0.15, 0.2) is 0 Å². The molecule has 1 aliphatic heterocycles. The predicted octanol–water partition coefficient (Wildman–Crippen LogP) is 1.94. The van der Waals surface area contributed by atoms with Gasteiger partial charge in [-0.15, -0.1) is 0 Å². The Morgan fingerprint density at radius 1 is 1.41 bits per heavy atom. The highest BCUT2D eigenvalue weighted by Gasteiger charge is 2.25. The highest BCUT2D eigenvalue weighted by atomic mass is 35.5. The van der Waals surface area contributed by atoms with Crippen LogP contribution in [0.25, 0.3) is 0 Å². The highest BCUT2D eigenvalue weighted by Crippen LogP contribution is 2.28. The Bertz CT molecular complexity index is 592. The van der Waals surface area contributed by atoms with Gasteiger partial charge in [0, 0.05) is 13.1 Å². The normalized spacial score (nSPS) is 21.7. The van der Waals surface area contributed by atoms with Crippen molar-refractivity contribution in [3.8, 4) is 0 Å². The molecule has 1 aliphatic rings. The van der Waals surface area contributed by atoms with Crippen molar-refractivity contribution >= 4 is 23.3 Å². The Hall–Kier alpha value is -1.56. The van der Waals surface area contributed by atoms with E-state index in [1.54, 1.807) is 13.1 Å². The number of halogens is 1. The second-order valence-electron chi connectivity index (χ2n) is 5.96. The summed E-state index contributed by atoms with van der Waals surface area (Å²) in [6.45, 7) is 7.84. The minimum atomic E-state index is -0.499. The zero-order chi connectivity index (χ0) is 16.3. The number of ether oxygens (including phenoxy) is 1. The van der Waals surface area contributed by atoms with Crippen LogP contribution < -0.4 is 10.5 Å². The van der Waals surface area contributed by atoms with E-state index in [9.17, 15) is 9.59 Å². The van der Waals surface area contributed by atoms with Gasteiger partial charge in [-0.3, -0.25) is 9.59 Å². The number of rotatable bonds is 4. The molecule has 0 radical (unpaired) electrons. The molecule has 1 aromatic rings. The summed E-state index contributed by atoms with van der Waals surface area (Å²) in [5.41, 5.74) is 0.184. The molecule has 0 N–H and O–H groups in total. The van der Waals surface area contributed by atoms with E-state index in [0.29, 0.717) is 17.5 Å². The first-order chi connectivity index (χ1) is 10.4. The van der Waals surface area contributed by atoms with Gasteiger partial charge in [-0.25, -0.2) is 4.68 Å². The Morgan fingerprint density at radius 3 is 2.64 bits per heavy atom. The molecule has 1 aromatic heterocycles. The molecule has 7 heteroatoms. The van der Waals surface area contributed by atoms with Crippen LogP contribution in [-0.4, -0.2) is 35.4 Å². The van der Waals surface area contributed by atoms with E-state index >= 15 is 0 Å². The van der Waals surface area contributed by atoms with Crippen molar-refractivity contribution in [3.63, 3.8) is 0 Å². The summed E-state index contributed by atoms with van der Waals surface area (Å²) in [6, 6.07) is 0. The van der Waals surface area contributed by atoms with Crippen LogP contribution in [0.5, 0.6) is 0 Å². The largest absolute Gasteiger partial charge is 0.465 e.